The minimum atomic E-state index is 0.0424. The van der Waals surface area contributed by atoms with Gasteiger partial charge in [0.2, 0.25) is 0 Å². The Morgan fingerprint density at radius 2 is 1.47 bits per heavy atom. The minimum Gasteiger partial charge on any atom is -0.309 e. The number of hydrogen-bond acceptors (Lipinski definition) is 2. The van der Waals surface area contributed by atoms with Crippen LogP contribution in [0.15, 0.2) is 139 Å². The Bertz CT molecular complexity index is 1790. The fraction of sp³-hybridized carbons (Fsp3) is 0.0857. The van der Waals surface area contributed by atoms with Crippen LogP contribution in [0.1, 0.15) is 35.2 Å². The number of rotatable bonds is 5. The molecule has 0 saturated heterocycles. The summed E-state index contributed by atoms with van der Waals surface area (Å²) in [6.07, 6.45) is 5.95. The molecule has 0 saturated carbocycles. The Morgan fingerprint density at radius 1 is 0.684 bits per heavy atom. The number of fused-ring (bicyclic) bond motifs is 3. The highest BCUT2D eigenvalue weighted by Crippen LogP contribution is 2.36. The number of hydrogen-bond donors (Lipinski definition) is 0. The molecule has 3 heteroatoms. The molecular weight excluding hydrogens is 462 g/mol. The van der Waals surface area contributed by atoms with Crippen molar-refractivity contribution < 1.29 is 0 Å². The van der Waals surface area contributed by atoms with Crippen LogP contribution in [0.3, 0.4) is 0 Å². The summed E-state index contributed by atoms with van der Waals surface area (Å²) in [5.74, 6) is 0.361. The molecule has 182 valence electrons. The first kappa shape index (κ1) is 22.4. The van der Waals surface area contributed by atoms with Crippen molar-refractivity contribution in [3.05, 3.63) is 156 Å². The van der Waals surface area contributed by atoms with Crippen LogP contribution in [0.2, 0.25) is 0 Å². The number of nitrogens with zero attached hydrogens (tertiary/aromatic N) is 3. The van der Waals surface area contributed by atoms with E-state index in [9.17, 15) is 0 Å². The first-order valence-electron chi connectivity index (χ1n) is 13.1. The van der Waals surface area contributed by atoms with Gasteiger partial charge in [0.25, 0.3) is 0 Å². The van der Waals surface area contributed by atoms with E-state index in [0.717, 1.165) is 17.1 Å². The maximum atomic E-state index is 4.76. The summed E-state index contributed by atoms with van der Waals surface area (Å²) in [6.45, 7) is 2.20. The number of para-hydroxylation sites is 1. The summed E-state index contributed by atoms with van der Waals surface area (Å²) in [6, 6.07) is 41.2. The van der Waals surface area contributed by atoms with Crippen LogP contribution in [0.25, 0.3) is 27.5 Å². The highest BCUT2D eigenvalue weighted by atomic mass is 15.0. The van der Waals surface area contributed by atoms with Crippen molar-refractivity contribution in [2.45, 2.75) is 12.8 Å². The molecule has 0 amide bonds. The van der Waals surface area contributed by atoms with E-state index in [1.54, 1.807) is 0 Å². The van der Waals surface area contributed by atoms with Gasteiger partial charge in [-0.3, -0.25) is 9.98 Å². The van der Waals surface area contributed by atoms with Crippen molar-refractivity contribution in [1.82, 2.24) is 9.55 Å². The van der Waals surface area contributed by atoms with Crippen LogP contribution in [0.5, 0.6) is 0 Å². The largest absolute Gasteiger partial charge is 0.309 e. The smallest absolute Gasteiger partial charge is 0.0547 e. The minimum absolute atomic E-state index is 0.0424. The Hall–Kier alpha value is -4.76. The second kappa shape index (κ2) is 9.28. The number of allylic oxidation sites excluding steroid dienone is 1. The predicted molar refractivity (Wildman–Crippen MR) is 157 cm³/mol. The Labute approximate surface area is 222 Å². The zero-order valence-electron chi connectivity index (χ0n) is 21.2. The van der Waals surface area contributed by atoms with Gasteiger partial charge in [-0.1, -0.05) is 91.9 Å². The molecule has 2 atom stereocenters. The van der Waals surface area contributed by atoms with Crippen LogP contribution < -0.4 is 0 Å². The van der Waals surface area contributed by atoms with Crippen molar-refractivity contribution in [1.29, 1.82) is 0 Å². The number of benzene rings is 4. The average molecular weight is 490 g/mol. The van der Waals surface area contributed by atoms with Gasteiger partial charge in [-0.15, -0.1) is 0 Å². The average Bonchev–Trinajstić information content (AvgIpc) is 3.55. The first-order chi connectivity index (χ1) is 18.8. The van der Waals surface area contributed by atoms with Gasteiger partial charge in [0.15, 0.2) is 0 Å². The fourth-order valence-corrected chi connectivity index (χ4v) is 5.78. The van der Waals surface area contributed by atoms with Gasteiger partial charge in [-0.2, -0.15) is 0 Å². The van der Waals surface area contributed by atoms with Gasteiger partial charge in [0.05, 0.1) is 28.4 Å². The molecule has 7 rings (SSSR count). The van der Waals surface area contributed by atoms with Crippen LogP contribution in [-0.4, -0.2) is 15.3 Å². The number of aliphatic imine (C=N–C) groups is 1. The number of aromatic nitrogens is 2. The third kappa shape index (κ3) is 3.75. The van der Waals surface area contributed by atoms with Gasteiger partial charge >= 0.3 is 0 Å². The van der Waals surface area contributed by atoms with E-state index in [2.05, 4.69) is 132 Å². The quantitative estimate of drug-likeness (QED) is 0.239. The van der Waals surface area contributed by atoms with Crippen LogP contribution in [0, 0.1) is 5.92 Å². The molecule has 2 unspecified atom stereocenters. The molecule has 4 aromatic carbocycles. The third-order valence-corrected chi connectivity index (χ3v) is 7.57. The summed E-state index contributed by atoms with van der Waals surface area (Å²) < 4.78 is 2.39. The maximum absolute atomic E-state index is 4.76. The zero-order valence-corrected chi connectivity index (χ0v) is 21.2. The van der Waals surface area contributed by atoms with Crippen molar-refractivity contribution in [3.63, 3.8) is 0 Å². The summed E-state index contributed by atoms with van der Waals surface area (Å²) in [5.41, 5.74) is 9.31. The lowest BCUT2D eigenvalue weighted by atomic mass is 9.88. The second-order valence-corrected chi connectivity index (χ2v) is 9.92. The van der Waals surface area contributed by atoms with E-state index < -0.39 is 0 Å². The lowest BCUT2D eigenvalue weighted by Crippen LogP contribution is -2.07. The topological polar surface area (TPSA) is 30.2 Å². The SMILES string of the molecule is CC1C=CN=C1c1ccc2c3ccccc3n(-c3cccc(C(c4ccccc4)c4ccccn4)c3)c2c1. The van der Waals surface area contributed by atoms with E-state index in [-0.39, 0.29) is 5.92 Å². The zero-order chi connectivity index (χ0) is 25.5. The van der Waals surface area contributed by atoms with Gasteiger partial charge in [-0.05, 0) is 53.1 Å². The van der Waals surface area contributed by atoms with E-state index in [4.69, 9.17) is 4.98 Å². The normalized spacial score (nSPS) is 15.7. The highest BCUT2D eigenvalue weighted by molar-refractivity contribution is 6.13. The molecule has 3 nitrogen and oxygen atoms in total. The molecule has 38 heavy (non-hydrogen) atoms. The molecule has 6 aromatic rings. The summed E-state index contributed by atoms with van der Waals surface area (Å²) in [4.78, 5) is 9.44. The summed E-state index contributed by atoms with van der Waals surface area (Å²) in [7, 11) is 0. The molecule has 1 aliphatic rings. The van der Waals surface area contributed by atoms with Gasteiger partial charge < -0.3 is 4.57 Å². The predicted octanol–water partition coefficient (Wildman–Crippen LogP) is 8.31. The molecular formula is C35H27N3. The molecule has 0 N–H and O–H groups in total. The molecule has 0 radical (unpaired) electrons. The summed E-state index contributed by atoms with van der Waals surface area (Å²) in [5, 5.41) is 2.50. The van der Waals surface area contributed by atoms with Crippen molar-refractivity contribution in [3.8, 4) is 5.69 Å². The third-order valence-electron chi connectivity index (χ3n) is 7.57. The standard InChI is InChI=1S/C35H27N3/c1-24-19-21-37-35(24)27-17-18-30-29-14-5-6-16-32(29)38(33(30)23-27)28-13-9-12-26(22-28)34(25-10-3-2-4-11-25)31-15-7-8-20-36-31/h2-24,34H,1H3. The maximum Gasteiger partial charge on any atom is 0.0547 e. The van der Waals surface area contributed by atoms with Crippen molar-refractivity contribution in [2.75, 3.05) is 0 Å². The molecule has 2 aromatic heterocycles. The van der Waals surface area contributed by atoms with Crippen LogP contribution in [-0.2, 0) is 0 Å². The van der Waals surface area contributed by atoms with Gasteiger partial charge in [-0.25, -0.2) is 0 Å². The molecule has 0 aliphatic carbocycles. The Morgan fingerprint density at radius 3 is 2.29 bits per heavy atom. The Balaban J connectivity index is 1.45. The first-order valence-corrected chi connectivity index (χ1v) is 13.1. The van der Waals surface area contributed by atoms with Gasteiger partial charge in [0.1, 0.15) is 0 Å². The summed E-state index contributed by atoms with van der Waals surface area (Å²) >= 11 is 0. The van der Waals surface area contributed by atoms with Gasteiger partial charge in [0, 0.05) is 34.8 Å². The van der Waals surface area contributed by atoms with E-state index >= 15 is 0 Å². The van der Waals surface area contributed by atoms with E-state index in [0.29, 0.717) is 5.92 Å². The Kier molecular flexibility index (Phi) is 5.48. The molecule has 0 spiro atoms. The monoisotopic (exact) mass is 489 g/mol. The van der Waals surface area contributed by atoms with E-state index in [1.165, 1.54) is 38.5 Å². The van der Waals surface area contributed by atoms with Crippen LogP contribution in [0.4, 0.5) is 0 Å². The van der Waals surface area contributed by atoms with Crippen LogP contribution >= 0.6 is 0 Å². The lowest BCUT2D eigenvalue weighted by molar-refractivity contribution is 0.916. The molecule has 0 fully saturated rings. The molecule has 3 heterocycles. The fourth-order valence-electron chi connectivity index (χ4n) is 5.78. The van der Waals surface area contributed by atoms with Crippen molar-refractivity contribution >= 4 is 27.5 Å². The van der Waals surface area contributed by atoms with Crippen molar-refractivity contribution in [2.24, 2.45) is 10.9 Å². The lowest BCUT2D eigenvalue weighted by Gasteiger charge is -2.19. The second-order valence-electron chi connectivity index (χ2n) is 9.92. The highest BCUT2D eigenvalue weighted by Gasteiger charge is 2.21. The molecule has 1 aliphatic heterocycles. The number of pyridine rings is 1. The molecule has 0 bridgehead atoms. The van der Waals surface area contributed by atoms with E-state index in [1.807, 2.05) is 18.5 Å².